The molecule has 2 amide bonds. The van der Waals surface area contributed by atoms with Gasteiger partial charge in [0, 0.05) is 23.7 Å². The lowest BCUT2D eigenvalue weighted by Gasteiger charge is -2.57. The number of thiazole rings is 1. The van der Waals surface area contributed by atoms with Crippen molar-refractivity contribution < 1.29 is 9.59 Å². The fourth-order valence-electron chi connectivity index (χ4n) is 4.79. The smallest absolute Gasteiger partial charge is 0.267 e. The summed E-state index contributed by atoms with van der Waals surface area (Å²) in [5, 5.41) is 4.32. The monoisotopic (exact) mass is 406 g/mol. The molecule has 2 aliphatic rings. The first-order valence-corrected chi connectivity index (χ1v) is 10.7. The third-order valence-electron chi connectivity index (χ3n) is 6.24. The number of primary amides is 1. The van der Waals surface area contributed by atoms with Crippen LogP contribution in [0.25, 0.3) is 10.2 Å². The molecule has 29 heavy (non-hydrogen) atoms. The maximum Gasteiger partial charge on any atom is 0.267 e. The molecule has 0 unspecified atom stereocenters. The maximum atomic E-state index is 12.5. The molecule has 5 rings (SSSR count). The molecule has 2 aliphatic carbocycles. The normalized spacial score (nSPS) is 25.4. The van der Waals surface area contributed by atoms with Gasteiger partial charge in [-0.25, -0.2) is 4.98 Å². The number of fused-ring (bicyclic) bond motifs is 1. The molecule has 0 aliphatic heterocycles. The zero-order chi connectivity index (χ0) is 20.2. The van der Waals surface area contributed by atoms with Crippen LogP contribution in [0.3, 0.4) is 0 Å². The van der Waals surface area contributed by atoms with E-state index in [-0.39, 0.29) is 17.6 Å². The molecule has 148 valence electrons. The summed E-state index contributed by atoms with van der Waals surface area (Å²) in [4.78, 5) is 32.4. The van der Waals surface area contributed by atoms with E-state index in [1.165, 1.54) is 27.5 Å². The number of amides is 2. The van der Waals surface area contributed by atoms with Crippen LogP contribution >= 0.6 is 11.3 Å². The average Bonchev–Trinajstić information content (AvgIpc) is 3.04. The fourth-order valence-corrected chi connectivity index (χ4v) is 5.83. The van der Waals surface area contributed by atoms with Crippen LogP contribution in [0, 0.1) is 12.3 Å². The fraction of sp³-hybridized carbons (Fsp3) is 0.364. The zero-order valence-corrected chi connectivity index (χ0v) is 17.0. The topological polar surface area (TPSA) is 98.0 Å². The predicted molar refractivity (Wildman–Crippen MR) is 112 cm³/mol. The minimum Gasteiger partial charge on any atom is -0.364 e. The summed E-state index contributed by atoms with van der Waals surface area (Å²) in [5.41, 5.74) is 8.47. The number of nitrogens with two attached hydrogens (primary N) is 1. The number of nitrogens with one attached hydrogen (secondary N) is 1. The Morgan fingerprint density at radius 1 is 1.17 bits per heavy atom. The second-order valence-electron chi connectivity index (χ2n) is 8.50. The van der Waals surface area contributed by atoms with E-state index in [1.54, 1.807) is 6.07 Å². The molecule has 1 spiro atoms. The zero-order valence-electron chi connectivity index (χ0n) is 16.1. The Labute approximate surface area is 172 Å². The third-order valence-corrected chi connectivity index (χ3v) is 7.44. The summed E-state index contributed by atoms with van der Waals surface area (Å²) in [6.07, 6.45) is 5.76. The van der Waals surface area contributed by atoms with Gasteiger partial charge in [0.25, 0.3) is 11.8 Å². The number of aromatic nitrogens is 2. The van der Waals surface area contributed by atoms with Crippen molar-refractivity contribution in [2.75, 3.05) is 0 Å². The summed E-state index contributed by atoms with van der Waals surface area (Å²) in [5.74, 6) is -0.261. The van der Waals surface area contributed by atoms with Crippen LogP contribution < -0.4 is 11.1 Å². The van der Waals surface area contributed by atoms with Crippen LogP contribution in [0.2, 0.25) is 0 Å². The van der Waals surface area contributed by atoms with Crippen LogP contribution in [-0.2, 0) is 0 Å². The molecule has 6 nitrogen and oxygen atoms in total. The van der Waals surface area contributed by atoms with Crippen LogP contribution in [0.1, 0.15) is 63.0 Å². The highest BCUT2D eigenvalue weighted by atomic mass is 32.1. The van der Waals surface area contributed by atoms with Crippen LogP contribution in [0.15, 0.2) is 36.5 Å². The number of carbonyl (C=O) groups excluding carboxylic acids is 2. The standard InChI is InChI=1S/C22H22N4O2S/c1-12-2-3-18-16(6-12)26-21(29-18)14-8-22(9-14)10-15(11-22)25-20(28)13-4-5-24-17(7-13)19(23)27/h2-7,14-15H,8-11H2,1H3,(H2,23,27)(H,25,28). The lowest BCUT2D eigenvalue weighted by atomic mass is 9.50. The number of aryl methyl sites for hydroxylation is 1. The molecule has 0 radical (unpaired) electrons. The van der Waals surface area contributed by atoms with Gasteiger partial charge >= 0.3 is 0 Å². The van der Waals surface area contributed by atoms with Gasteiger partial charge in [-0.1, -0.05) is 6.07 Å². The first kappa shape index (κ1) is 18.2. The Balaban J connectivity index is 1.17. The highest BCUT2D eigenvalue weighted by molar-refractivity contribution is 7.18. The van der Waals surface area contributed by atoms with Crippen molar-refractivity contribution in [1.82, 2.24) is 15.3 Å². The van der Waals surface area contributed by atoms with Gasteiger partial charge in [0.1, 0.15) is 5.69 Å². The van der Waals surface area contributed by atoms with Gasteiger partial charge in [0.2, 0.25) is 0 Å². The number of benzene rings is 1. The maximum absolute atomic E-state index is 12.5. The van der Waals surface area contributed by atoms with Gasteiger partial charge < -0.3 is 11.1 Å². The van der Waals surface area contributed by atoms with Crippen molar-refractivity contribution >= 4 is 33.4 Å². The summed E-state index contributed by atoms with van der Waals surface area (Å²) in [6, 6.07) is 9.69. The van der Waals surface area contributed by atoms with Crippen LogP contribution in [0.5, 0.6) is 0 Å². The van der Waals surface area contributed by atoms with Crippen LogP contribution in [0.4, 0.5) is 0 Å². The van der Waals surface area contributed by atoms with Crippen molar-refractivity contribution in [2.45, 2.75) is 44.6 Å². The summed E-state index contributed by atoms with van der Waals surface area (Å²) < 4.78 is 1.26. The summed E-state index contributed by atoms with van der Waals surface area (Å²) in [7, 11) is 0. The molecule has 3 N–H and O–H groups in total. The van der Waals surface area contributed by atoms with E-state index < -0.39 is 5.91 Å². The molecule has 0 bridgehead atoms. The molecule has 1 aromatic carbocycles. The number of hydrogen-bond donors (Lipinski definition) is 2. The van der Waals surface area contributed by atoms with E-state index in [2.05, 4.69) is 35.4 Å². The SMILES string of the molecule is Cc1ccc2sc(C3CC4(CC(NC(=O)c5ccnc(C(N)=O)c5)C4)C3)nc2c1. The number of hydrogen-bond acceptors (Lipinski definition) is 5. The van der Waals surface area contributed by atoms with Gasteiger partial charge in [-0.15, -0.1) is 11.3 Å². The van der Waals surface area contributed by atoms with Gasteiger partial charge in [0.05, 0.1) is 15.2 Å². The molecule has 7 heteroatoms. The molecule has 2 fully saturated rings. The molecule has 2 saturated carbocycles. The van der Waals surface area contributed by atoms with Gasteiger partial charge in [-0.05, 0) is 67.9 Å². The number of nitrogens with zero attached hydrogens (tertiary/aromatic N) is 2. The van der Waals surface area contributed by atoms with E-state index in [1.807, 2.05) is 11.3 Å². The molecular weight excluding hydrogens is 384 g/mol. The third kappa shape index (κ3) is 3.29. The van der Waals surface area contributed by atoms with Crippen LogP contribution in [-0.4, -0.2) is 27.8 Å². The van der Waals surface area contributed by atoms with Crippen molar-refractivity contribution in [3.05, 3.63) is 58.4 Å². The highest BCUT2D eigenvalue weighted by Crippen LogP contribution is 2.62. The Hall–Kier alpha value is -2.80. The van der Waals surface area contributed by atoms with Crippen molar-refractivity contribution in [3.8, 4) is 0 Å². The average molecular weight is 407 g/mol. The molecule has 0 atom stereocenters. The first-order valence-electron chi connectivity index (χ1n) is 9.85. The molecule has 2 aromatic heterocycles. The number of rotatable bonds is 4. The second kappa shape index (κ2) is 6.62. The van der Waals surface area contributed by atoms with Gasteiger partial charge in [-0.2, -0.15) is 0 Å². The molecule has 2 heterocycles. The minimum absolute atomic E-state index is 0.107. The van der Waals surface area contributed by atoms with E-state index >= 15 is 0 Å². The first-order chi connectivity index (χ1) is 13.9. The summed E-state index contributed by atoms with van der Waals surface area (Å²) >= 11 is 1.81. The van der Waals surface area contributed by atoms with E-state index in [9.17, 15) is 9.59 Å². The lowest BCUT2D eigenvalue weighted by Crippen LogP contribution is -2.55. The largest absolute Gasteiger partial charge is 0.364 e. The Bertz CT molecular complexity index is 1120. The summed E-state index contributed by atoms with van der Waals surface area (Å²) in [6.45, 7) is 2.10. The Kier molecular flexibility index (Phi) is 4.17. The quantitative estimate of drug-likeness (QED) is 0.692. The highest BCUT2D eigenvalue weighted by Gasteiger charge is 2.54. The molecule has 0 saturated heterocycles. The molecular formula is C22H22N4O2S. The Morgan fingerprint density at radius 2 is 1.97 bits per heavy atom. The van der Waals surface area contributed by atoms with Crippen molar-refractivity contribution in [3.63, 3.8) is 0 Å². The van der Waals surface area contributed by atoms with E-state index in [4.69, 9.17) is 10.7 Å². The van der Waals surface area contributed by atoms with Gasteiger partial charge in [-0.3, -0.25) is 14.6 Å². The Morgan fingerprint density at radius 3 is 2.72 bits per heavy atom. The second-order valence-corrected chi connectivity index (χ2v) is 9.56. The number of carbonyl (C=O) groups is 2. The number of pyridine rings is 1. The van der Waals surface area contributed by atoms with E-state index in [0.29, 0.717) is 16.9 Å². The minimum atomic E-state index is -0.632. The predicted octanol–water partition coefficient (Wildman–Crippen LogP) is 3.55. The van der Waals surface area contributed by atoms with Crippen molar-refractivity contribution in [2.24, 2.45) is 11.1 Å². The lowest BCUT2D eigenvalue weighted by molar-refractivity contribution is -0.0187. The van der Waals surface area contributed by atoms with Gasteiger partial charge in [0.15, 0.2) is 0 Å². The van der Waals surface area contributed by atoms with Crippen molar-refractivity contribution in [1.29, 1.82) is 0 Å². The van der Waals surface area contributed by atoms with E-state index in [0.717, 1.165) is 31.2 Å². The molecule has 3 aromatic rings.